The number of aliphatic imine (C=N–C) groups is 1. The maximum absolute atomic E-state index is 13.8. The third-order valence-corrected chi connectivity index (χ3v) is 2.78. The number of aliphatic hydroxyl groups excluding tert-OH is 1. The van der Waals surface area contributed by atoms with Gasteiger partial charge < -0.3 is 9.84 Å². The van der Waals surface area contributed by atoms with Gasteiger partial charge in [-0.05, 0) is 36.4 Å². The van der Waals surface area contributed by atoms with Crippen molar-refractivity contribution in [3.63, 3.8) is 0 Å². The van der Waals surface area contributed by atoms with E-state index in [1.807, 2.05) is 0 Å². The number of ether oxygens (including phenoxy) is 1. The van der Waals surface area contributed by atoms with Crippen LogP contribution in [0.1, 0.15) is 11.1 Å². The van der Waals surface area contributed by atoms with Crippen LogP contribution in [0, 0.1) is 11.6 Å². The van der Waals surface area contributed by atoms with Gasteiger partial charge in [-0.15, -0.1) is 0 Å². The summed E-state index contributed by atoms with van der Waals surface area (Å²) in [6, 6.07) is 10.0. The van der Waals surface area contributed by atoms with Gasteiger partial charge in [0.2, 0.25) is 0 Å². The molecule has 0 heterocycles. The highest BCUT2D eigenvalue weighted by Crippen LogP contribution is 2.18. The highest BCUT2D eigenvalue weighted by atomic mass is 19.1. The zero-order valence-corrected chi connectivity index (χ0v) is 10.8. The van der Waals surface area contributed by atoms with Gasteiger partial charge in [0.15, 0.2) is 0 Å². The molecule has 0 amide bonds. The first kappa shape index (κ1) is 14.1. The van der Waals surface area contributed by atoms with E-state index in [0.717, 1.165) is 12.1 Å². The van der Waals surface area contributed by atoms with E-state index in [4.69, 9.17) is 9.84 Å². The predicted octanol–water partition coefficient (Wildman–Crippen LogP) is 2.76. The zero-order chi connectivity index (χ0) is 14.5. The number of rotatable bonds is 4. The molecule has 0 spiro atoms. The maximum Gasteiger partial charge on any atom is 0.135 e. The Hall–Kier alpha value is -2.27. The first-order valence-corrected chi connectivity index (χ1v) is 5.91. The van der Waals surface area contributed by atoms with Crippen LogP contribution in [0.5, 0.6) is 5.75 Å². The van der Waals surface area contributed by atoms with Crippen molar-refractivity contribution >= 4 is 5.71 Å². The molecular formula is C15H13F2NO2. The number of halogens is 2. The van der Waals surface area contributed by atoms with Gasteiger partial charge in [-0.25, -0.2) is 8.78 Å². The van der Waals surface area contributed by atoms with Crippen molar-refractivity contribution in [2.24, 2.45) is 4.99 Å². The molecule has 2 rings (SSSR count). The summed E-state index contributed by atoms with van der Waals surface area (Å²) in [5.74, 6) is -0.742. The molecule has 0 saturated carbocycles. The lowest BCUT2D eigenvalue weighted by Crippen LogP contribution is -2.07. The molecule has 0 saturated heterocycles. The van der Waals surface area contributed by atoms with Crippen molar-refractivity contribution in [1.29, 1.82) is 0 Å². The molecule has 1 N–H and O–H groups in total. The van der Waals surface area contributed by atoms with Crippen LogP contribution in [0.15, 0.2) is 47.5 Å². The predicted molar refractivity (Wildman–Crippen MR) is 72.1 cm³/mol. The van der Waals surface area contributed by atoms with Gasteiger partial charge in [0.25, 0.3) is 0 Å². The number of methoxy groups -OCH3 is 1. The second-order valence-electron chi connectivity index (χ2n) is 4.00. The molecule has 0 bridgehead atoms. The molecule has 104 valence electrons. The Balaban J connectivity index is 2.47. The molecule has 20 heavy (non-hydrogen) atoms. The summed E-state index contributed by atoms with van der Waals surface area (Å²) >= 11 is 0. The topological polar surface area (TPSA) is 41.8 Å². The summed E-state index contributed by atoms with van der Waals surface area (Å²) in [6.45, 7) is -0.488. The lowest BCUT2D eigenvalue weighted by atomic mass is 10.0. The average Bonchev–Trinajstić information content (AvgIpc) is 2.46. The van der Waals surface area contributed by atoms with Gasteiger partial charge in [0.05, 0.1) is 12.8 Å². The molecular weight excluding hydrogens is 264 g/mol. The van der Waals surface area contributed by atoms with Crippen molar-refractivity contribution in [1.82, 2.24) is 0 Å². The highest BCUT2D eigenvalue weighted by molar-refractivity contribution is 6.13. The van der Waals surface area contributed by atoms with E-state index >= 15 is 0 Å². The van der Waals surface area contributed by atoms with Crippen LogP contribution < -0.4 is 4.74 Å². The third-order valence-electron chi connectivity index (χ3n) is 2.78. The van der Waals surface area contributed by atoms with Crippen LogP contribution in [0.2, 0.25) is 0 Å². The van der Waals surface area contributed by atoms with Crippen molar-refractivity contribution in [2.45, 2.75) is 0 Å². The van der Waals surface area contributed by atoms with Gasteiger partial charge in [-0.3, -0.25) is 4.99 Å². The summed E-state index contributed by atoms with van der Waals surface area (Å²) in [7, 11) is 1.54. The van der Waals surface area contributed by atoms with Gasteiger partial charge in [0, 0.05) is 17.2 Å². The Kier molecular flexibility index (Phi) is 4.42. The second-order valence-corrected chi connectivity index (χ2v) is 4.00. The van der Waals surface area contributed by atoms with Crippen LogP contribution in [0.3, 0.4) is 0 Å². The fourth-order valence-corrected chi connectivity index (χ4v) is 1.83. The summed E-state index contributed by atoms with van der Waals surface area (Å²) < 4.78 is 31.8. The molecule has 2 aromatic carbocycles. The highest BCUT2D eigenvalue weighted by Gasteiger charge is 2.12. The summed E-state index contributed by atoms with van der Waals surface area (Å²) in [4.78, 5) is 3.88. The van der Waals surface area contributed by atoms with E-state index in [1.165, 1.54) is 13.2 Å². The molecule has 5 heteroatoms. The van der Waals surface area contributed by atoms with Crippen LogP contribution in [0.25, 0.3) is 0 Å². The van der Waals surface area contributed by atoms with Crippen LogP contribution in [-0.2, 0) is 0 Å². The van der Waals surface area contributed by atoms with E-state index in [1.54, 1.807) is 24.3 Å². The van der Waals surface area contributed by atoms with E-state index in [-0.39, 0.29) is 11.3 Å². The molecule has 0 aliphatic heterocycles. The van der Waals surface area contributed by atoms with Gasteiger partial charge in [-0.1, -0.05) is 0 Å². The SMILES string of the molecule is COc1ccc(C(=NCO)c2ccc(F)cc2F)cc1. The lowest BCUT2D eigenvalue weighted by molar-refractivity contribution is 0.309. The van der Waals surface area contributed by atoms with Crippen molar-refractivity contribution < 1.29 is 18.6 Å². The number of hydrogen-bond acceptors (Lipinski definition) is 3. The van der Waals surface area contributed by atoms with E-state index in [9.17, 15) is 8.78 Å². The molecule has 0 radical (unpaired) electrons. The van der Waals surface area contributed by atoms with E-state index in [0.29, 0.717) is 11.3 Å². The molecule has 0 atom stereocenters. The number of benzene rings is 2. The number of hydrogen-bond donors (Lipinski definition) is 1. The quantitative estimate of drug-likeness (QED) is 0.873. The zero-order valence-electron chi connectivity index (χ0n) is 10.8. The van der Waals surface area contributed by atoms with Gasteiger partial charge in [-0.2, -0.15) is 0 Å². The summed E-state index contributed by atoms with van der Waals surface area (Å²) in [6.07, 6.45) is 0. The van der Waals surface area contributed by atoms with Crippen molar-refractivity contribution in [3.8, 4) is 5.75 Å². The van der Waals surface area contributed by atoms with Gasteiger partial charge in [0.1, 0.15) is 24.1 Å². The Morgan fingerprint density at radius 3 is 2.40 bits per heavy atom. The van der Waals surface area contributed by atoms with Crippen LogP contribution in [0.4, 0.5) is 8.78 Å². The minimum Gasteiger partial charge on any atom is -0.497 e. The first-order chi connectivity index (χ1) is 9.65. The van der Waals surface area contributed by atoms with Crippen LogP contribution >= 0.6 is 0 Å². The van der Waals surface area contributed by atoms with E-state index in [2.05, 4.69) is 4.99 Å². The fourth-order valence-electron chi connectivity index (χ4n) is 1.83. The molecule has 0 aliphatic carbocycles. The largest absolute Gasteiger partial charge is 0.497 e. The average molecular weight is 277 g/mol. The standard InChI is InChI=1S/C15H13F2NO2/c1-20-12-5-2-10(3-6-12)15(18-9-19)13-7-4-11(16)8-14(13)17/h2-8,19H,9H2,1H3. The molecule has 0 aliphatic rings. The Morgan fingerprint density at radius 1 is 1.15 bits per heavy atom. The van der Waals surface area contributed by atoms with Crippen molar-refractivity contribution in [2.75, 3.05) is 13.8 Å². The fraction of sp³-hybridized carbons (Fsp3) is 0.133. The molecule has 3 nitrogen and oxygen atoms in total. The maximum atomic E-state index is 13.8. The second kappa shape index (κ2) is 6.25. The minimum atomic E-state index is -0.729. The molecule has 0 fully saturated rings. The van der Waals surface area contributed by atoms with E-state index < -0.39 is 18.4 Å². The molecule has 2 aromatic rings. The first-order valence-electron chi connectivity index (χ1n) is 5.91. The Morgan fingerprint density at radius 2 is 1.85 bits per heavy atom. The molecule has 0 unspecified atom stereocenters. The summed E-state index contributed by atoms with van der Waals surface area (Å²) in [5.41, 5.74) is 0.989. The normalized spacial score (nSPS) is 11.5. The number of nitrogens with zero attached hydrogens (tertiary/aromatic N) is 1. The van der Waals surface area contributed by atoms with Crippen molar-refractivity contribution in [3.05, 3.63) is 65.2 Å². The Labute approximate surface area is 115 Å². The van der Waals surface area contributed by atoms with Crippen LogP contribution in [-0.4, -0.2) is 24.7 Å². The lowest BCUT2D eigenvalue weighted by Gasteiger charge is -2.09. The summed E-state index contributed by atoms with van der Waals surface area (Å²) in [5, 5.41) is 9.00. The third kappa shape index (κ3) is 3.00. The Bertz CT molecular complexity index is 624. The van der Waals surface area contributed by atoms with Gasteiger partial charge >= 0.3 is 0 Å². The monoisotopic (exact) mass is 277 g/mol. The smallest absolute Gasteiger partial charge is 0.135 e. The number of aliphatic hydroxyl groups is 1. The molecule has 0 aromatic heterocycles. The minimum absolute atomic E-state index is 0.130.